The van der Waals surface area contributed by atoms with Gasteiger partial charge in [-0.2, -0.15) is 5.10 Å². The number of nitrogens with one attached hydrogen (secondary N) is 2. The van der Waals surface area contributed by atoms with Crippen LogP contribution >= 0.6 is 0 Å². The molecule has 8 nitrogen and oxygen atoms in total. The maximum atomic E-state index is 12.2. The number of amides is 2. The Morgan fingerprint density at radius 3 is 2.64 bits per heavy atom. The number of carbonyl (C=O) groups excluding carboxylic acids is 2. The van der Waals surface area contributed by atoms with E-state index in [1.54, 1.807) is 28.9 Å². The minimum atomic E-state index is -0.360. The molecule has 0 spiro atoms. The standard InChI is InChI=1S/C17H23N5O3/c1-11-16(12(2)22(3)21-11)25-10-15(23)20-14-7-5-4-6-13(14)17(24)19-9-8-18/h4-7H,8-10,18H2,1-3H3,(H,19,24)(H,20,23). The van der Waals surface area contributed by atoms with Gasteiger partial charge in [-0.05, 0) is 26.0 Å². The molecule has 0 bridgehead atoms. The lowest BCUT2D eigenvalue weighted by Crippen LogP contribution is -2.30. The van der Waals surface area contributed by atoms with Crippen molar-refractivity contribution < 1.29 is 14.3 Å². The molecule has 25 heavy (non-hydrogen) atoms. The lowest BCUT2D eigenvalue weighted by Gasteiger charge is -2.12. The molecule has 8 heteroatoms. The molecule has 0 fully saturated rings. The van der Waals surface area contributed by atoms with Crippen molar-refractivity contribution >= 4 is 17.5 Å². The van der Waals surface area contributed by atoms with E-state index < -0.39 is 0 Å². The minimum absolute atomic E-state index is 0.174. The highest BCUT2D eigenvalue weighted by Crippen LogP contribution is 2.21. The Morgan fingerprint density at radius 2 is 2.00 bits per heavy atom. The monoisotopic (exact) mass is 345 g/mol. The molecule has 0 radical (unpaired) electrons. The Bertz CT molecular complexity index is 770. The Kier molecular flexibility index (Phi) is 6.13. The van der Waals surface area contributed by atoms with Gasteiger partial charge in [-0.3, -0.25) is 14.3 Å². The van der Waals surface area contributed by atoms with Gasteiger partial charge < -0.3 is 21.1 Å². The third kappa shape index (κ3) is 4.57. The number of carbonyl (C=O) groups is 2. The van der Waals surface area contributed by atoms with Gasteiger partial charge in [0.1, 0.15) is 5.69 Å². The molecule has 2 aromatic rings. The van der Waals surface area contributed by atoms with E-state index in [1.165, 1.54) is 0 Å². The van der Waals surface area contributed by atoms with Gasteiger partial charge in [-0.1, -0.05) is 12.1 Å². The van der Waals surface area contributed by atoms with Gasteiger partial charge in [0.25, 0.3) is 11.8 Å². The number of anilines is 1. The number of aryl methyl sites for hydroxylation is 2. The molecule has 0 unspecified atom stereocenters. The van der Waals surface area contributed by atoms with Gasteiger partial charge in [0, 0.05) is 20.1 Å². The Labute approximate surface area is 146 Å². The van der Waals surface area contributed by atoms with E-state index >= 15 is 0 Å². The molecule has 1 heterocycles. The summed E-state index contributed by atoms with van der Waals surface area (Å²) in [6.45, 7) is 4.22. The highest BCUT2D eigenvalue weighted by atomic mass is 16.5. The van der Waals surface area contributed by atoms with Crippen molar-refractivity contribution in [1.82, 2.24) is 15.1 Å². The van der Waals surface area contributed by atoms with Crippen LogP contribution in [0.3, 0.4) is 0 Å². The second kappa shape index (κ2) is 8.29. The van der Waals surface area contributed by atoms with Crippen molar-refractivity contribution in [3.8, 4) is 5.75 Å². The lowest BCUT2D eigenvalue weighted by molar-refractivity contribution is -0.118. The van der Waals surface area contributed by atoms with Crippen molar-refractivity contribution in [2.75, 3.05) is 25.0 Å². The van der Waals surface area contributed by atoms with Crippen LogP contribution in [0.4, 0.5) is 5.69 Å². The van der Waals surface area contributed by atoms with Crippen molar-refractivity contribution in [3.05, 3.63) is 41.2 Å². The molecular formula is C17H23N5O3. The predicted octanol–water partition coefficient (Wildman–Crippen LogP) is 0.743. The smallest absolute Gasteiger partial charge is 0.262 e. The van der Waals surface area contributed by atoms with E-state index in [9.17, 15) is 9.59 Å². The zero-order valence-electron chi connectivity index (χ0n) is 14.6. The van der Waals surface area contributed by atoms with E-state index in [-0.39, 0.29) is 18.4 Å². The zero-order chi connectivity index (χ0) is 18.4. The van der Waals surface area contributed by atoms with Gasteiger partial charge in [0.05, 0.1) is 16.9 Å². The summed E-state index contributed by atoms with van der Waals surface area (Å²) >= 11 is 0. The summed E-state index contributed by atoms with van der Waals surface area (Å²) in [6, 6.07) is 6.77. The van der Waals surface area contributed by atoms with Crippen LogP contribution in [0.1, 0.15) is 21.7 Å². The fourth-order valence-electron chi connectivity index (χ4n) is 2.36. The van der Waals surface area contributed by atoms with Crippen LogP contribution in [-0.2, 0) is 11.8 Å². The molecule has 4 N–H and O–H groups in total. The maximum Gasteiger partial charge on any atom is 0.262 e. The first-order chi connectivity index (χ1) is 11.9. The minimum Gasteiger partial charge on any atom is -0.480 e. The first-order valence-electron chi connectivity index (χ1n) is 7.94. The molecule has 0 aliphatic rings. The van der Waals surface area contributed by atoms with Crippen molar-refractivity contribution in [2.24, 2.45) is 12.8 Å². The number of nitrogens with zero attached hydrogens (tertiary/aromatic N) is 2. The summed E-state index contributed by atoms with van der Waals surface area (Å²) in [4.78, 5) is 24.3. The first kappa shape index (κ1) is 18.5. The molecule has 1 aromatic heterocycles. The lowest BCUT2D eigenvalue weighted by atomic mass is 10.1. The molecule has 0 aliphatic carbocycles. The van der Waals surface area contributed by atoms with Crippen molar-refractivity contribution in [3.63, 3.8) is 0 Å². The van der Waals surface area contributed by atoms with E-state index in [2.05, 4.69) is 15.7 Å². The molecule has 0 saturated carbocycles. The van der Waals surface area contributed by atoms with Gasteiger partial charge in [0.2, 0.25) is 0 Å². The Morgan fingerprint density at radius 1 is 1.28 bits per heavy atom. The van der Waals surface area contributed by atoms with E-state index in [1.807, 2.05) is 20.9 Å². The summed E-state index contributed by atoms with van der Waals surface area (Å²) in [5, 5.41) is 9.62. The third-order valence-corrected chi connectivity index (χ3v) is 3.67. The molecule has 0 atom stereocenters. The first-order valence-corrected chi connectivity index (χ1v) is 7.94. The number of rotatable bonds is 7. The summed E-state index contributed by atoms with van der Waals surface area (Å²) in [5.74, 6) is -0.0606. The van der Waals surface area contributed by atoms with E-state index in [4.69, 9.17) is 10.5 Å². The van der Waals surface area contributed by atoms with Crippen LogP contribution in [0.5, 0.6) is 5.75 Å². The maximum absolute atomic E-state index is 12.2. The number of aromatic nitrogens is 2. The highest BCUT2D eigenvalue weighted by Gasteiger charge is 2.15. The van der Waals surface area contributed by atoms with Gasteiger partial charge >= 0.3 is 0 Å². The number of ether oxygens (including phenoxy) is 1. The van der Waals surface area contributed by atoms with Gasteiger partial charge in [0.15, 0.2) is 12.4 Å². The van der Waals surface area contributed by atoms with E-state index in [0.717, 1.165) is 11.4 Å². The SMILES string of the molecule is Cc1nn(C)c(C)c1OCC(=O)Nc1ccccc1C(=O)NCCN. The quantitative estimate of drug-likeness (QED) is 0.685. The molecule has 0 saturated heterocycles. The summed E-state index contributed by atoms with van der Waals surface area (Å²) in [5.41, 5.74) is 7.74. The topological polar surface area (TPSA) is 111 Å². The second-order valence-electron chi connectivity index (χ2n) is 5.55. The number of benzene rings is 1. The van der Waals surface area contributed by atoms with E-state index in [0.29, 0.717) is 30.1 Å². The Balaban J connectivity index is 2.02. The normalized spacial score (nSPS) is 10.4. The molecule has 2 rings (SSSR count). The van der Waals surface area contributed by atoms with Crippen molar-refractivity contribution in [2.45, 2.75) is 13.8 Å². The molecule has 2 amide bonds. The van der Waals surface area contributed by atoms with Crippen LogP contribution in [0.2, 0.25) is 0 Å². The molecule has 1 aromatic carbocycles. The fraction of sp³-hybridized carbons (Fsp3) is 0.353. The van der Waals surface area contributed by atoms with Gasteiger partial charge in [-0.25, -0.2) is 0 Å². The largest absolute Gasteiger partial charge is 0.480 e. The van der Waals surface area contributed by atoms with Gasteiger partial charge in [-0.15, -0.1) is 0 Å². The van der Waals surface area contributed by atoms with Crippen LogP contribution in [0.15, 0.2) is 24.3 Å². The molecule has 134 valence electrons. The summed E-state index contributed by atoms with van der Waals surface area (Å²) in [6.07, 6.45) is 0. The van der Waals surface area contributed by atoms with Crippen LogP contribution in [0.25, 0.3) is 0 Å². The van der Waals surface area contributed by atoms with Crippen LogP contribution in [0, 0.1) is 13.8 Å². The van der Waals surface area contributed by atoms with Crippen LogP contribution < -0.4 is 21.1 Å². The Hall–Kier alpha value is -2.87. The zero-order valence-corrected chi connectivity index (χ0v) is 14.6. The summed E-state index contributed by atoms with van der Waals surface area (Å²) in [7, 11) is 1.81. The average Bonchev–Trinajstić information content (AvgIpc) is 2.83. The number of hydrogen-bond donors (Lipinski definition) is 3. The number of para-hydroxylation sites is 1. The van der Waals surface area contributed by atoms with Crippen molar-refractivity contribution in [1.29, 1.82) is 0 Å². The molecular weight excluding hydrogens is 322 g/mol. The molecule has 0 aliphatic heterocycles. The second-order valence-corrected chi connectivity index (χ2v) is 5.55. The fourth-order valence-corrected chi connectivity index (χ4v) is 2.36. The summed E-state index contributed by atoms with van der Waals surface area (Å²) < 4.78 is 7.27. The number of hydrogen-bond acceptors (Lipinski definition) is 5. The highest BCUT2D eigenvalue weighted by molar-refractivity contribution is 6.04. The third-order valence-electron chi connectivity index (χ3n) is 3.67. The number of nitrogens with two attached hydrogens (primary N) is 1. The van der Waals surface area contributed by atoms with Crippen LogP contribution in [-0.4, -0.2) is 41.3 Å². The predicted molar refractivity (Wildman–Crippen MR) is 94.6 cm³/mol. The average molecular weight is 345 g/mol.